The molecular formula is C25H22F4N5O. The summed E-state index contributed by atoms with van der Waals surface area (Å²) in [7, 11) is 0. The maximum Gasteiger partial charge on any atom is 0.435 e. The number of nitrogens with zero attached hydrogens (tertiary/aromatic N) is 4. The number of nitriles is 1. The molecule has 10 heteroatoms. The SMILES string of the molecule is C[C](C)CN1CCc2cc(NC(=O)c3cc(C(F)(F)F)nn3-c3cccc(C#N)c3)c(F)cc2C1. The van der Waals surface area contributed by atoms with Crippen molar-refractivity contribution >= 4 is 11.6 Å². The summed E-state index contributed by atoms with van der Waals surface area (Å²) in [6.45, 7) is 6.20. The molecule has 0 aliphatic carbocycles. The van der Waals surface area contributed by atoms with Crippen molar-refractivity contribution in [2.75, 3.05) is 18.4 Å². The number of anilines is 1. The van der Waals surface area contributed by atoms with Crippen molar-refractivity contribution < 1.29 is 22.4 Å². The predicted molar refractivity (Wildman–Crippen MR) is 121 cm³/mol. The van der Waals surface area contributed by atoms with Crippen LogP contribution in [0.3, 0.4) is 0 Å². The van der Waals surface area contributed by atoms with Gasteiger partial charge in [0.1, 0.15) is 11.5 Å². The second-order valence-electron chi connectivity index (χ2n) is 8.71. The first-order valence-corrected chi connectivity index (χ1v) is 10.9. The van der Waals surface area contributed by atoms with E-state index >= 15 is 0 Å². The Morgan fingerprint density at radius 3 is 2.63 bits per heavy atom. The largest absolute Gasteiger partial charge is 0.435 e. The maximum absolute atomic E-state index is 14.9. The lowest BCUT2D eigenvalue weighted by Crippen LogP contribution is -2.33. The average molecular weight is 484 g/mol. The van der Waals surface area contributed by atoms with Crippen molar-refractivity contribution in [3.8, 4) is 11.8 Å². The lowest BCUT2D eigenvalue weighted by Gasteiger charge is -2.30. The second-order valence-corrected chi connectivity index (χ2v) is 8.71. The van der Waals surface area contributed by atoms with Gasteiger partial charge in [-0.15, -0.1) is 0 Å². The number of amides is 1. The average Bonchev–Trinajstić information content (AvgIpc) is 3.26. The van der Waals surface area contributed by atoms with Gasteiger partial charge in [-0.1, -0.05) is 19.9 Å². The number of alkyl halides is 3. The summed E-state index contributed by atoms with van der Waals surface area (Å²) < 4.78 is 55.8. The fraction of sp³-hybridized carbons (Fsp3) is 0.280. The van der Waals surface area contributed by atoms with E-state index in [4.69, 9.17) is 5.26 Å². The number of hydrogen-bond acceptors (Lipinski definition) is 4. The number of nitrogens with one attached hydrogen (secondary N) is 1. The van der Waals surface area contributed by atoms with E-state index in [2.05, 4.69) is 15.3 Å². The molecule has 3 aromatic rings. The normalized spacial score (nSPS) is 14.0. The van der Waals surface area contributed by atoms with E-state index in [1.807, 2.05) is 19.9 Å². The quantitative estimate of drug-likeness (QED) is 0.510. The number of rotatable bonds is 5. The number of fused-ring (bicyclic) bond motifs is 1. The lowest BCUT2D eigenvalue weighted by molar-refractivity contribution is -0.141. The molecule has 0 bridgehead atoms. The van der Waals surface area contributed by atoms with Gasteiger partial charge < -0.3 is 5.32 Å². The van der Waals surface area contributed by atoms with Crippen LogP contribution in [0.5, 0.6) is 0 Å². The molecule has 0 spiro atoms. The van der Waals surface area contributed by atoms with E-state index in [0.29, 0.717) is 19.0 Å². The summed E-state index contributed by atoms with van der Waals surface area (Å²) in [5, 5.41) is 15.1. The maximum atomic E-state index is 14.9. The van der Waals surface area contributed by atoms with Crippen LogP contribution >= 0.6 is 0 Å². The molecule has 2 heterocycles. The number of carbonyl (C=O) groups is 1. The summed E-state index contributed by atoms with van der Waals surface area (Å²) in [5.41, 5.74) is 0.127. The molecule has 0 atom stereocenters. The van der Waals surface area contributed by atoms with Crippen LogP contribution in [-0.4, -0.2) is 33.7 Å². The first-order chi connectivity index (χ1) is 16.5. The van der Waals surface area contributed by atoms with E-state index in [1.165, 1.54) is 42.3 Å². The van der Waals surface area contributed by atoms with Crippen molar-refractivity contribution in [1.29, 1.82) is 5.26 Å². The zero-order valence-corrected chi connectivity index (χ0v) is 19.1. The van der Waals surface area contributed by atoms with E-state index in [9.17, 15) is 22.4 Å². The molecule has 1 aromatic heterocycles. The van der Waals surface area contributed by atoms with Crippen molar-refractivity contribution in [1.82, 2.24) is 14.7 Å². The Kier molecular flexibility index (Phi) is 6.63. The lowest BCUT2D eigenvalue weighted by atomic mass is 9.98. The Hall–Kier alpha value is -3.71. The Bertz CT molecular complexity index is 1310. The Labute approximate surface area is 199 Å². The molecule has 0 saturated carbocycles. The van der Waals surface area contributed by atoms with Gasteiger partial charge in [0.25, 0.3) is 5.91 Å². The van der Waals surface area contributed by atoms with Gasteiger partial charge in [-0.05, 0) is 53.8 Å². The fourth-order valence-electron chi connectivity index (χ4n) is 4.09. The third kappa shape index (κ3) is 5.35. The highest BCUT2D eigenvalue weighted by Gasteiger charge is 2.36. The van der Waals surface area contributed by atoms with Crippen molar-refractivity contribution in [2.24, 2.45) is 0 Å². The number of hydrogen-bond donors (Lipinski definition) is 1. The van der Waals surface area contributed by atoms with Crippen LogP contribution in [0.15, 0.2) is 42.5 Å². The molecule has 0 fully saturated rings. The highest BCUT2D eigenvalue weighted by Crippen LogP contribution is 2.31. The molecule has 181 valence electrons. The molecule has 1 aliphatic rings. The molecule has 1 aliphatic heterocycles. The van der Waals surface area contributed by atoms with Gasteiger partial charge in [0, 0.05) is 25.7 Å². The third-order valence-corrected chi connectivity index (χ3v) is 5.62. The van der Waals surface area contributed by atoms with Gasteiger partial charge in [-0.3, -0.25) is 9.69 Å². The molecule has 1 amide bonds. The van der Waals surface area contributed by atoms with Crippen LogP contribution < -0.4 is 5.32 Å². The van der Waals surface area contributed by atoms with Gasteiger partial charge in [0.05, 0.1) is 23.0 Å². The van der Waals surface area contributed by atoms with Crippen LogP contribution in [0.4, 0.5) is 23.2 Å². The fourth-order valence-corrected chi connectivity index (χ4v) is 4.09. The molecule has 0 unspecified atom stereocenters. The minimum absolute atomic E-state index is 0.0960. The predicted octanol–water partition coefficient (Wildman–Crippen LogP) is 5.13. The summed E-state index contributed by atoms with van der Waals surface area (Å²) >= 11 is 0. The van der Waals surface area contributed by atoms with Crippen LogP contribution in [0, 0.1) is 23.1 Å². The van der Waals surface area contributed by atoms with Gasteiger partial charge in [-0.2, -0.15) is 23.5 Å². The van der Waals surface area contributed by atoms with Crippen LogP contribution in [0.25, 0.3) is 5.69 Å². The Balaban J connectivity index is 1.65. The zero-order chi connectivity index (χ0) is 25.3. The van der Waals surface area contributed by atoms with Gasteiger partial charge in [0.15, 0.2) is 5.69 Å². The van der Waals surface area contributed by atoms with Crippen LogP contribution in [0.1, 0.15) is 46.7 Å². The highest BCUT2D eigenvalue weighted by atomic mass is 19.4. The molecule has 6 nitrogen and oxygen atoms in total. The highest BCUT2D eigenvalue weighted by molar-refractivity contribution is 6.03. The second kappa shape index (κ2) is 9.50. The number of benzene rings is 2. The zero-order valence-electron chi connectivity index (χ0n) is 19.1. The van der Waals surface area contributed by atoms with E-state index in [0.717, 1.165) is 28.9 Å². The smallest absolute Gasteiger partial charge is 0.318 e. The summed E-state index contributed by atoms with van der Waals surface area (Å²) in [6.07, 6.45) is -4.15. The monoisotopic (exact) mass is 484 g/mol. The summed E-state index contributed by atoms with van der Waals surface area (Å²) in [5.74, 6) is -0.388. The van der Waals surface area contributed by atoms with Gasteiger partial charge in [0.2, 0.25) is 0 Å². The first-order valence-electron chi connectivity index (χ1n) is 10.9. The van der Waals surface area contributed by atoms with Crippen LogP contribution in [0.2, 0.25) is 0 Å². The van der Waals surface area contributed by atoms with E-state index in [1.54, 1.807) is 0 Å². The standard InChI is InChI=1S/C25H22F4N5O/c1-15(2)13-33-7-6-17-10-21(20(26)9-18(17)14-33)31-24(35)22-11-23(25(27,28)29)32-34(22)19-5-3-4-16(8-19)12-30/h3-5,8-11H,6-7,13-14H2,1-2H3,(H,31,35). The van der Waals surface area contributed by atoms with Crippen molar-refractivity contribution in [3.63, 3.8) is 0 Å². The molecule has 1 N–H and O–H groups in total. The van der Waals surface area contributed by atoms with Gasteiger partial charge >= 0.3 is 6.18 Å². The number of halogens is 4. The summed E-state index contributed by atoms with van der Waals surface area (Å²) in [6, 6.07) is 11.1. The Morgan fingerprint density at radius 2 is 1.94 bits per heavy atom. The van der Waals surface area contributed by atoms with E-state index in [-0.39, 0.29) is 16.9 Å². The van der Waals surface area contributed by atoms with Crippen molar-refractivity contribution in [3.05, 3.63) is 82.3 Å². The molecule has 2 aromatic carbocycles. The topological polar surface area (TPSA) is 74.0 Å². The summed E-state index contributed by atoms with van der Waals surface area (Å²) in [4.78, 5) is 15.2. The molecular weight excluding hydrogens is 462 g/mol. The van der Waals surface area contributed by atoms with Crippen molar-refractivity contribution in [2.45, 2.75) is 33.0 Å². The Morgan fingerprint density at radius 1 is 1.17 bits per heavy atom. The number of carbonyl (C=O) groups excluding carboxylic acids is 1. The molecule has 35 heavy (non-hydrogen) atoms. The minimum atomic E-state index is -4.80. The molecule has 0 saturated heterocycles. The van der Waals surface area contributed by atoms with E-state index < -0.39 is 29.3 Å². The third-order valence-electron chi connectivity index (χ3n) is 5.62. The van der Waals surface area contributed by atoms with Crippen LogP contribution in [-0.2, 0) is 19.1 Å². The molecule has 4 rings (SSSR count). The minimum Gasteiger partial charge on any atom is -0.318 e. The number of aromatic nitrogens is 2. The first kappa shape index (κ1) is 24.4. The van der Waals surface area contributed by atoms with Gasteiger partial charge in [-0.25, -0.2) is 9.07 Å². The molecule has 1 radical (unpaired) electrons.